The summed E-state index contributed by atoms with van der Waals surface area (Å²) in [6.07, 6.45) is 5.13. The maximum Gasteiger partial charge on any atom is 0.291 e. The van der Waals surface area contributed by atoms with E-state index in [0.717, 1.165) is 16.9 Å². The largest absolute Gasteiger partial charge is 0.493 e. The van der Waals surface area contributed by atoms with Gasteiger partial charge in [-0.2, -0.15) is 9.50 Å². The fourth-order valence-electron chi connectivity index (χ4n) is 3.00. The molecule has 0 atom stereocenters. The lowest BCUT2D eigenvalue weighted by Crippen LogP contribution is -2.23. The van der Waals surface area contributed by atoms with Crippen LogP contribution in [0.3, 0.4) is 0 Å². The van der Waals surface area contributed by atoms with E-state index in [1.54, 1.807) is 31.4 Å². The molecule has 0 amide bonds. The zero-order chi connectivity index (χ0) is 22.5. The number of benzene rings is 2. The highest BCUT2D eigenvalue weighted by molar-refractivity contribution is 7.15. The van der Waals surface area contributed by atoms with Gasteiger partial charge in [-0.1, -0.05) is 42.7 Å². The molecule has 0 bridgehead atoms. The van der Waals surface area contributed by atoms with Gasteiger partial charge < -0.3 is 14.2 Å². The Morgan fingerprint density at radius 2 is 1.78 bits per heavy atom. The Labute approximate surface area is 188 Å². The molecular formula is C24H21N3O4S. The van der Waals surface area contributed by atoms with Crippen LogP contribution >= 0.6 is 11.3 Å². The molecule has 0 unspecified atom stereocenters. The molecule has 4 rings (SSSR count). The van der Waals surface area contributed by atoms with Crippen molar-refractivity contribution in [3.05, 3.63) is 88.2 Å². The summed E-state index contributed by atoms with van der Waals surface area (Å²) in [7, 11) is 1.57. The highest BCUT2D eigenvalue weighted by Gasteiger charge is 2.12. The minimum atomic E-state index is -0.222. The Bertz CT molecular complexity index is 1370. The van der Waals surface area contributed by atoms with Crippen molar-refractivity contribution < 1.29 is 14.2 Å². The van der Waals surface area contributed by atoms with Crippen molar-refractivity contribution in [2.45, 2.75) is 0 Å². The molecule has 0 spiro atoms. The standard InChI is InChI=1S/C24H21N3O4S/c1-4-12-30-18-9-7-17(8-10-18)22-25-24-27(26-22)23(28)21(32-24)15-16-6-11-19(31-13-5-2)20(14-16)29-3/h4-11,14-15H,1-2,12-13H2,3H3/b21-15-. The quantitative estimate of drug-likeness (QED) is 0.366. The molecule has 32 heavy (non-hydrogen) atoms. The second-order valence-corrected chi connectivity index (χ2v) is 7.69. The van der Waals surface area contributed by atoms with Crippen LogP contribution in [-0.2, 0) is 0 Å². The summed E-state index contributed by atoms with van der Waals surface area (Å²) in [5.74, 6) is 2.41. The summed E-state index contributed by atoms with van der Waals surface area (Å²) in [5.41, 5.74) is 1.39. The molecule has 0 aliphatic heterocycles. The van der Waals surface area contributed by atoms with Gasteiger partial charge >= 0.3 is 0 Å². The Kier molecular flexibility index (Phi) is 6.32. The fraction of sp³-hybridized carbons (Fsp3) is 0.125. The van der Waals surface area contributed by atoms with Gasteiger partial charge in [-0.3, -0.25) is 4.79 Å². The molecule has 162 valence electrons. The third-order valence-electron chi connectivity index (χ3n) is 4.50. The Hall–Kier alpha value is -3.91. The first-order chi connectivity index (χ1) is 15.6. The van der Waals surface area contributed by atoms with E-state index in [4.69, 9.17) is 14.2 Å². The molecule has 2 aromatic heterocycles. The van der Waals surface area contributed by atoms with Crippen LogP contribution in [0.5, 0.6) is 17.2 Å². The number of hydrogen-bond acceptors (Lipinski definition) is 7. The van der Waals surface area contributed by atoms with E-state index in [1.807, 2.05) is 36.4 Å². The molecule has 2 heterocycles. The summed E-state index contributed by atoms with van der Waals surface area (Å²) in [6.45, 7) is 8.09. The molecule has 2 aromatic carbocycles. The normalized spacial score (nSPS) is 11.5. The van der Waals surface area contributed by atoms with E-state index in [-0.39, 0.29) is 5.56 Å². The van der Waals surface area contributed by atoms with Crippen molar-refractivity contribution in [1.82, 2.24) is 14.6 Å². The number of rotatable bonds is 9. The number of methoxy groups -OCH3 is 1. The number of aromatic nitrogens is 3. The van der Waals surface area contributed by atoms with Gasteiger partial charge in [0.25, 0.3) is 5.56 Å². The number of thiazole rings is 1. The summed E-state index contributed by atoms with van der Waals surface area (Å²) in [6, 6.07) is 12.9. The van der Waals surface area contributed by atoms with Crippen molar-refractivity contribution >= 4 is 22.4 Å². The summed E-state index contributed by atoms with van der Waals surface area (Å²) >= 11 is 1.28. The number of ether oxygens (including phenoxy) is 3. The first-order valence-electron chi connectivity index (χ1n) is 9.80. The Balaban J connectivity index is 1.63. The molecule has 0 radical (unpaired) electrons. The van der Waals surface area contributed by atoms with Gasteiger partial charge in [-0.25, -0.2) is 0 Å². The Morgan fingerprint density at radius 3 is 2.47 bits per heavy atom. The number of fused-ring (bicyclic) bond motifs is 1. The predicted molar refractivity (Wildman–Crippen MR) is 126 cm³/mol. The highest BCUT2D eigenvalue weighted by atomic mass is 32.1. The molecule has 0 aliphatic rings. The van der Waals surface area contributed by atoms with E-state index in [2.05, 4.69) is 23.2 Å². The molecule has 0 saturated carbocycles. The van der Waals surface area contributed by atoms with Crippen LogP contribution < -0.4 is 24.3 Å². The molecule has 7 nitrogen and oxygen atoms in total. The van der Waals surface area contributed by atoms with Crippen LogP contribution in [-0.4, -0.2) is 34.9 Å². The molecular weight excluding hydrogens is 426 g/mol. The van der Waals surface area contributed by atoms with E-state index in [9.17, 15) is 4.79 Å². The van der Waals surface area contributed by atoms with Crippen LogP contribution in [0.1, 0.15) is 5.56 Å². The van der Waals surface area contributed by atoms with E-state index in [0.29, 0.717) is 40.0 Å². The zero-order valence-electron chi connectivity index (χ0n) is 17.5. The minimum Gasteiger partial charge on any atom is -0.493 e. The van der Waals surface area contributed by atoms with Crippen LogP contribution in [0.15, 0.2) is 72.6 Å². The van der Waals surface area contributed by atoms with E-state index in [1.165, 1.54) is 15.9 Å². The second kappa shape index (κ2) is 9.49. The van der Waals surface area contributed by atoms with Crippen molar-refractivity contribution in [3.63, 3.8) is 0 Å². The van der Waals surface area contributed by atoms with Gasteiger partial charge in [-0.15, -0.1) is 5.10 Å². The van der Waals surface area contributed by atoms with Gasteiger partial charge in [0.1, 0.15) is 19.0 Å². The SMILES string of the molecule is C=CCOc1ccc(-c2nc3s/c(=C\c4ccc(OCC=C)c(OC)c4)c(=O)n3n2)cc1. The fourth-order valence-corrected chi connectivity index (χ4v) is 3.91. The summed E-state index contributed by atoms with van der Waals surface area (Å²) < 4.78 is 18.3. The third kappa shape index (κ3) is 4.40. The van der Waals surface area contributed by atoms with Crippen molar-refractivity contribution in [2.75, 3.05) is 20.3 Å². The van der Waals surface area contributed by atoms with Gasteiger partial charge in [0.15, 0.2) is 17.3 Å². The molecule has 0 N–H and O–H groups in total. The average Bonchev–Trinajstić information content (AvgIpc) is 3.36. The van der Waals surface area contributed by atoms with E-state index >= 15 is 0 Å². The molecule has 4 aromatic rings. The molecule has 0 aliphatic carbocycles. The van der Waals surface area contributed by atoms with Gasteiger partial charge in [0.2, 0.25) is 4.96 Å². The molecule has 8 heteroatoms. The van der Waals surface area contributed by atoms with E-state index < -0.39 is 0 Å². The molecule has 0 saturated heterocycles. The van der Waals surface area contributed by atoms with Crippen LogP contribution in [0.25, 0.3) is 22.4 Å². The summed E-state index contributed by atoms with van der Waals surface area (Å²) in [4.78, 5) is 17.9. The molecule has 0 fully saturated rings. The maximum atomic E-state index is 12.9. The topological polar surface area (TPSA) is 75.0 Å². The zero-order valence-corrected chi connectivity index (χ0v) is 18.3. The average molecular weight is 448 g/mol. The van der Waals surface area contributed by atoms with Crippen molar-refractivity contribution in [1.29, 1.82) is 0 Å². The monoisotopic (exact) mass is 447 g/mol. The lowest BCUT2D eigenvalue weighted by molar-refractivity contribution is 0.326. The lowest BCUT2D eigenvalue weighted by atomic mass is 10.2. The van der Waals surface area contributed by atoms with Crippen LogP contribution in [0.4, 0.5) is 0 Å². The smallest absolute Gasteiger partial charge is 0.291 e. The van der Waals surface area contributed by atoms with Crippen molar-refractivity contribution in [3.8, 4) is 28.6 Å². The number of nitrogens with zero attached hydrogens (tertiary/aromatic N) is 3. The van der Waals surface area contributed by atoms with Crippen LogP contribution in [0, 0.1) is 0 Å². The van der Waals surface area contributed by atoms with Crippen LogP contribution in [0.2, 0.25) is 0 Å². The van der Waals surface area contributed by atoms with Crippen molar-refractivity contribution in [2.24, 2.45) is 0 Å². The first kappa shape index (κ1) is 21.3. The first-order valence-corrected chi connectivity index (χ1v) is 10.6. The van der Waals surface area contributed by atoms with Gasteiger partial charge in [0, 0.05) is 5.56 Å². The second-order valence-electron chi connectivity index (χ2n) is 6.68. The minimum absolute atomic E-state index is 0.222. The Morgan fingerprint density at radius 1 is 1.03 bits per heavy atom. The van der Waals surface area contributed by atoms with Gasteiger partial charge in [-0.05, 0) is 48.0 Å². The van der Waals surface area contributed by atoms with Gasteiger partial charge in [0.05, 0.1) is 11.6 Å². The maximum absolute atomic E-state index is 12.9. The predicted octanol–water partition coefficient (Wildman–Crippen LogP) is 3.50. The lowest BCUT2D eigenvalue weighted by Gasteiger charge is -2.09. The summed E-state index contributed by atoms with van der Waals surface area (Å²) in [5, 5.41) is 4.39. The third-order valence-corrected chi connectivity index (χ3v) is 5.46. The highest BCUT2D eigenvalue weighted by Crippen LogP contribution is 2.28. The number of hydrogen-bond donors (Lipinski definition) is 0.